The number of benzene rings is 2. The van der Waals surface area contributed by atoms with Gasteiger partial charge in [0.1, 0.15) is 30.0 Å². The number of hydrogen-bond acceptors (Lipinski definition) is 8. The summed E-state index contributed by atoms with van der Waals surface area (Å²) in [6.07, 6.45) is 2.21. The van der Waals surface area contributed by atoms with Crippen molar-refractivity contribution in [1.82, 2.24) is 9.47 Å². The number of carbonyl (C=O) groups excluding carboxylic acids is 2. The zero-order valence-electron chi connectivity index (χ0n) is 23.8. The lowest BCUT2D eigenvalue weighted by Crippen LogP contribution is -2.43. The molecule has 11 heteroatoms. The molecule has 0 spiro atoms. The zero-order chi connectivity index (χ0) is 30.2. The summed E-state index contributed by atoms with van der Waals surface area (Å²) in [6, 6.07) is 10.7. The Morgan fingerprint density at radius 2 is 1.83 bits per heavy atom. The summed E-state index contributed by atoms with van der Waals surface area (Å²) in [5.41, 5.74) is -2.19. The molecule has 1 saturated carbocycles. The number of β-amino-alcohol motifs (C(OH)–C–C–N with tert-alkyl or cyclic N) is 1. The summed E-state index contributed by atoms with van der Waals surface area (Å²) in [5, 5.41) is 20.6. The van der Waals surface area contributed by atoms with Crippen LogP contribution in [0.1, 0.15) is 62.0 Å². The Hall–Kier alpha value is -3.96. The molecular formula is C31H35FN2O8. The predicted molar refractivity (Wildman–Crippen MR) is 151 cm³/mol. The number of amides is 1. The van der Waals surface area contributed by atoms with Crippen molar-refractivity contribution in [2.75, 3.05) is 19.8 Å². The number of esters is 1. The molecule has 1 aliphatic heterocycles. The summed E-state index contributed by atoms with van der Waals surface area (Å²) in [6.45, 7) is 4.10. The Kier molecular flexibility index (Phi) is 8.00. The normalized spacial score (nSPS) is 20.5. The highest BCUT2D eigenvalue weighted by Crippen LogP contribution is 2.40. The maximum absolute atomic E-state index is 15.3. The van der Waals surface area contributed by atoms with E-state index in [-0.39, 0.29) is 54.4 Å². The quantitative estimate of drug-likeness (QED) is 0.383. The third-order valence-electron chi connectivity index (χ3n) is 7.34. The predicted octanol–water partition coefficient (Wildman–Crippen LogP) is 3.94. The van der Waals surface area contributed by atoms with Crippen molar-refractivity contribution < 1.29 is 38.4 Å². The van der Waals surface area contributed by atoms with E-state index in [1.807, 2.05) is 18.2 Å². The topological polar surface area (TPSA) is 128 Å². The van der Waals surface area contributed by atoms with Gasteiger partial charge in [-0.25, -0.2) is 14.0 Å². The molecule has 0 radical (unpaired) electrons. The molecule has 2 N–H and O–H groups in total. The summed E-state index contributed by atoms with van der Waals surface area (Å²) < 4.78 is 33.9. The maximum atomic E-state index is 15.3. The Bertz CT molecular complexity index is 1550. The number of carbonyl (C=O) groups is 2. The first-order chi connectivity index (χ1) is 19.9. The third kappa shape index (κ3) is 6.27. The van der Waals surface area contributed by atoms with Crippen molar-refractivity contribution in [2.24, 2.45) is 0 Å². The van der Waals surface area contributed by atoms with Gasteiger partial charge in [-0.15, -0.1) is 0 Å². The molecule has 1 saturated heterocycles. The number of rotatable bonds is 8. The number of pyridine rings is 1. The Balaban J connectivity index is 1.45. The monoisotopic (exact) mass is 582 g/mol. The summed E-state index contributed by atoms with van der Waals surface area (Å²) in [5.74, 6) is -1.71. The molecule has 1 aliphatic carbocycles. The number of aliphatic hydroxyl groups is 2. The molecule has 2 aliphatic rings. The Labute approximate surface area is 242 Å². The van der Waals surface area contributed by atoms with Gasteiger partial charge in [-0.1, -0.05) is 30.3 Å². The van der Waals surface area contributed by atoms with Crippen LogP contribution in [0.15, 0.2) is 53.5 Å². The van der Waals surface area contributed by atoms with Gasteiger partial charge in [-0.2, -0.15) is 0 Å². The maximum Gasteiger partial charge on any atom is 0.410 e. The second-order valence-electron chi connectivity index (χ2n) is 12.0. The summed E-state index contributed by atoms with van der Waals surface area (Å²) in [7, 11) is 0. The standard InChI is InChI=1S/C31H35FN2O8/c1-30(2,3)42-29(38)34-17-31(39,18-35)13-21(34)16-40-27-24(32)12-11-22-25(27)33(20-9-10-20)14-23(26(22)36)28(37)41-15-19-7-5-4-6-8-19/h4-8,11-12,14,20-21,35,39H,9-10,13,15-18H2,1-3H3/t21-,31-/m0/s1. The number of aliphatic hydroxyl groups excluding tert-OH is 1. The number of hydrogen-bond donors (Lipinski definition) is 2. The second kappa shape index (κ2) is 11.4. The molecule has 5 rings (SSSR count). The van der Waals surface area contributed by atoms with Crippen LogP contribution in [-0.2, 0) is 16.1 Å². The Morgan fingerprint density at radius 1 is 1.12 bits per heavy atom. The van der Waals surface area contributed by atoms with Crippen molar-refractivity contribution in [3.05, 3.63) is 75.8 Å². The van der Waals surface area contributed by atoms with Crippen LogP contribution < -0.4 is 10.2 Å². The zero-order valence-corrected chi connectivity index (χ0v) is 23.8. The minimum Gasteiger partial charge on any atom is -0.486 e. The van der Waals surface area contributed by atoms with Gasteiger partial charge in [0.2, 0.25) is 5.43 Å². The van der Waals surface area contributed by atoms with E-state index >= 15 is 4.39 Å². The van der Waals surface area contributed by atoms with Crippen molar-refractivity contribution in [1.29, 1.82) is 0 Å². The minimum absolute atomic E-state index is 0.00587. The smallest absolute Gasteiger partial charge is 0.410 e. The molecule has 1 amide bonds. The lowest BCUT2D eigenvalue weighted by molar-refractivity contribution is -0.0124. The van der Waals surface area contributed by atoms with E-state index in [4.69, 9.17) is 14.2 Å². The van der Waals surface area contributed by atoms with Gasteiger partial charge in [0, 0.05) is 18.7 Å². The number of halogens is 1. The molecule has 2 heterocycles. The van der Waals surface area contributed by atoms with Crippen molar-refractivity contribution >= 4 is 23.0 Å². The molecule has 2 atom stereocenters. The van der Waals surface area contributed by atoms with Crippen LogP contribution in [0.25, 0.3) is 10.9 Å². The van der Waals surface area contributed by atoms with Crippen LogP contribution in [0.3, 0.4) is 0 Å². The summed E-state index contributed by atoms with van der Waals surface area (Å²) in [4.78, 5) is 40.6. The van der Waals surface area contributed by atoms with Crippen LogP contribution in [0.5, 0.6) is 5.75 Å². The van der Waals surface area contributed by atoms with Gasteiger partial charge in [-0.3, -0.25) is 9.69 Å². The number of likely N-dealkylation sites (tertiary alicyclic amines) is 1. The van der Waals surface area contributed by atoms with Crippen molar-refractivity contribution in [3.8, 4) is 5.75 Å². The highest BCUT2D eigenvalue weighted by molar-refractivity contribution is 5.95. The van der Waals surface area contributed by atoms with E-state index in [0.717, 1.165) is 24.5 Å². The van der Waals surface area contributed by atoms with Gasteiger partial charge in [0.05, 0.1) is 30.1 Å². The molecular weight excluding hydrogens is 547 g/mol. The third-order valence-corrected chi connectivity index (χ3v) is 7.34. The molecule has 0 unspecified atom stereocenters. The second-order valence-corrected chi connectivity index (χ2v) is 12.0. The van der Waals surface area contributed by atoms with E-state index in [1.165, 1.54) is 17.2 Å². The van der Waals surface area contributed by atoms with Gasteiger partial charge in [0.15, 0.2) is 11.6 Å². The number of aromatic nitrogens is 1. The van der Waals surface area contributed by atoms with Crippen LogP contribution in [-0.4, -0.2) is 68.7 Å². The van der Waals surface area contributed by atoms with Gasteiger partial charge < -0.3 is 29.0 Å². The molecule has 42 heavy (non-hydrogen) atoms. The molecule has 3 aromatic rings. The fourth-order valence-electron chi connectivity index (χ4n) is 5.15. The van der Waals surface area contributed by atoms with Crippen LogP contribution in [0.2, 0.25) is 0 Å². The largest absolute Gasteiger partial charge is 0.486 e. The van der Waals surface area contributed by atoms with E-state index in [9.17, 15) is 24.6 Å². The van der Waals surface area contributed by atoms with Gasteiger partial charge >= 0.3 is 12.1 Å². The fraction of sp³-hybridized carbons (Fsp3) is 0.452. The fourth-order valence-corrected chi connectivity index (χ4v) is 5.15. The lowest BCUT2D eigenvalue weighted by Gasteiger charge is -2.28. The molecule has 2 fully saturated rings. The highest BCUT2D eigenvalue weighted by atomic mass is 19.1. The lowest BCUT2D eigenvalue weighted by atomic mass is 10.0. The van der Waals surface area contributed by atoms with Crippen LogP contribution >= 0.6 is 0 Å². The first-order valence-corrected chi connectivity index (χ1v) is 13.9. The minimum atomic E-state index is -1.58. The van der Waals surface area contributed by atoms with E-state index in [2.05, 4.69) is 0 Å². The van der Waals surface area contributed by atoms with E-state index in [1.54, 1.807) is 37.5 Å². The average molecular weight is 583 g/mol. The number of fused-ring (bicyclic) bond motifs is 1. The molecule has 224 valence electrons. The summed E-state index contributed by atoms with van der Waals surface area (Å²) >= 11 is 0. The number of nitrogens with zero attached hydrogens (tertiary/aromatic N) is 2. The molecule has 0 bridgehead atoms. The van der Waals surface area contributed by atoms with Gasteiger partial charge in [-0.05, 0) is 51.3 Å². The van der Waals surface area contributed by atoms with Crippen LogP contribution in [0.4, 0.5) is 9.18 Å². The molecule has 1 aromatic heterocycles. The van der Waals surface area contributed by atoms with E-state index < -0.39 is 47.2 Å². The van der Waals surface area contributed by atoms with E-state index in [0.29, 0.717) is 0 Å². The SMILES string of the molecule is CC(C)(C)OC(=O)N1C[C@](O)(CO)C[C@H]1COc1c(F)ccc2c(=O)c(C(=O)OCc3ccccc3)cn(C3CC3)c12. The van der Waals surface area contributed by atoms with Gasteiger partial charge in [0.25, 0.3) is 0 Å². The van der Waals surface area contributed by atoms with Crippen molar-refractivity contribution in [3.63, 3.8) is 0 Å². The molecule has 10 nitrogen and oxygen atoms in total. The number of ether oxygens (including phenoxy) is 3. The van der Waals surface area contributed by atoms with Crippen molar-refractivity contribution in [2.45, 2.75) is 69.9 Å². The van der Waals surface area contributed by atoms with Crippen LogP contribution in [0, 0.1) is 5.82 Å². The average Bonchev–Trinajstić information content (AvgIpc) is 3.73. The first-order valence-electron chi connectivity index (χ1n) is 13.9. The molecule has 2 aromatic carbocycles. The highest BCUT2D eigenvalue weighted by Gasteiger charge is 2.46. The first kappa shape index (κ1) is 29.5. The Morgan fingerprint density at radius 3 is 2.48 bits per heavy atom.